The van der Waals surface area contributed by atoms with Crippen molar-refractivity contribution in [2.75, 3.05) is 0 Å². The zero-order valence-corrected chi connectivity index (χ0v) is 12.0. The molecule has 0 aliphatic rings. The second-order valence-electron chi connectivity index (χ2n) is 4.77. The minimum absolute atomic E-state index is 0.0962. The van der Waals surface area contributed by atoms with E-state index in [-0.39, 0.29) is 6.10 Å². The van der Waals surface area contributed by atoms with Crippen LogP contribution in [0.15, 0.2) is 42.5 Å². The summed E-state index contributed by atoms with van der Waals surface area (Å²) in [6.45, 7) is 3.89. The molecule has 0 fully saturated rings. The first-order valence-corrected chi connectivity index (χ1v) is 6.76. The number of halogens is 3. The standard InChI is InChI=1S/C16H15ClF2O/c1-10(2)20-13-6-3-11(4-7-13)16(17)12-5-8-14(18)15(19)9-12/h3-10,16H,1-2H3. The zero-order valence-electron chi connectivity index (χ0n) is 11.2. The van der Waals surface area contributed by atoms with Gasteiger partial charge >= 0.3 is 0 Å². The van der Waals surface area contributed by atoms with E-state index in [4.69, 9.17) is 16.3 Å². The third-order valence-electron chi connectivity index (χ3n) is 2.78. The average Bonchev–Trinajstić information content (AvgIpc) is 2.41. The maximum Gasteiger partial charge on any atom is 0.159 e. The Morgan fingerprint density at radius 1 is 0.900 bits per heavy atom. The molecule has 1 nitrogen and oxygen atoms in total. The molecule has 0 N–H and O–H groups in total. The van der Waals surface area contributed by atoms with Crippen LogP contribution in [0.2, 0.25) is 0 Å². The first-order chi connectivity index (χ1) is 9.47. The van der Waals surface area contributed by atoms with E-state index in [0.717, 1.165) is 23.4 Å². The van der Waals surface area contributed by atoms with Crippen LogP contribution in [0.3, 0.4) is 0 Å². The van der Waals surface area contributed by atoms with E-state index in [1.165, 1.54) is 6.07 Å². The van der Waals surface area contributed by atoms with Crippen LogP contribution in [0.4, 0.5) is 8.78 Å². The van der Waals surface area contributed by atoms with Gasteiger partial charge in [0.15, 0.2) is 11.6 Å². The van der Waals surface area contributed by atoms with Crippen molar-refractivity contribution >= 4 is 11.6 Å². The highest BCUT2D eigenvalue weighted by atomic mass is 35.5. The molecular weight excluding hydrogens is 282 g/mol. The van der Waals surface area contributed by atoms with Crippen LogP contribution < -0.4 is 4.74 Å². The molecule has 0 amide bonds. The molecule has 106 valence electrons. The number of rotatable bonds is 4. The lowest BCUT2D eigenvalue weighted by Gasteiger charge is -2.13. The molecule has 1 unspecified atom stereocenters. The summed E-state index contributed by atoms with van der Waals surface area (Å²) in [6, 6.07) is 10.9. The van der Waals surface area contributed by atoms with E-state index < -0.39 is 17.0 Å². The lowest BCUT2D eigenvalue weighted by atomic mass is 10.0. The Kier molecular flexibility index (Phi) is 4.61. The van der Waals surface area contributed by atoms with Crippen molar-refractivity contribution in [2.45, 2.75) is 25.3 Å². The fourth-order valence-corrected chi connectivity index (χ4v) is 2.13. The van der Waals surface area contributed by atoms with Crippen LogP contribution in [-0.4, -0.2) is 6.10 Å². The van der Waals surface area contributed by atoms with Crippen LogP contribution in [-0.2, 0) is 0 Å². The largest absolute Gasteiger partial charge is 0.491 e. The van der Waals surface area contributed by atoms with Gasteiger partial charge < -0.3 is 4.74 Å². The second kappa shape index (κ2) is 6.23. The number of alkyl halides is 1. The quantitative estimate of drug-likeness (QED) is 0.715. The first-order valence-electron chi connectivity index (χ1n) is 6.33. The monoisotopic (exact) mass is 296 g/mol. The third kappa shape index (κ3) is 3.48. The Morgan fingerprint density at radius 2 is 1.50 bits per heavy atom. The highest BCUT2D eigenvalue weighted by Crippen LogP contribution is 2.30. The summed E-state index contributed by atoms with van der Waals surface area (Å²) in [5, 5.41) is -0.529. The number of hydrogen-bond donors (Lipinski definition) is 0. The third-order valence-corrected chi connectivity index (χ3v) is 3.28. The SMILES string of the molecule is CC(C)Oc1ccc(C(Cl)c2ccc(F)c(F)c2)cc1. The van der Waals surface area contributed by atoms with Gasteiger partial charge in [-0.3, -0.25) is 0 Å². The molecule has 0 aliphatic heterocycles. The van der Waals surface area contributed by atoms with Gasteiger partial charge in [-0.25, -0.2) is 8.78 Å². The average molecular weight is 297 g/mol. The van der Waals surface area contributed by atoms with Crippen LogP contribution in [0.5, 0.6) is 5.75 Å². The van der Waals surface area contributed by atoms with Crippen LogP contribution in [0.25, 0.3) is 0 Å². The Balaban J connectivity index is 2.20. The minimum Gasteiger partial charge on any atom is -0.491 e. The van der Waals surface area contributed by atoms with Gasteiger partial charge in [-0.15, -0.1) is 11.6 Å². The molecule has 2 aromatic carbocycles. The van der Waals surface area contributed by atoms with Crippen molar-refractivity contribution in [3.05, 3.63) is 65.2 Å². The van der Waals surface area contributed by atoms with Gasteiger partial charge in [-0.2, -0.15) is 0 Å². The molecule has 0 radical (unpaired) electrons. The summed E-state index contributed by atoms with van der Waals surface area (Å²) in [4.78, 5) is 0. The van der Waals surface area contributed by atoms with E-state index in [1.54, 1.807) is 0 Å². The molecule has 1 atom stereocenters. The van der Waals surface area contributed by atoms with Gasteiger partial charge in [-0.05, 0) is 49.2 Å². The molecule has 20 heavy (non-hydrogen) atoms. The van der Waals surface area contributed by atoms with Gasteiger partial charge in [0.1, 0.15) is 5.75 Å². The predicted molar refractivity (Wildman–Crippen MR) is 76.3 cm³/mol. The maximum atomic E-state index is 13.2. The normalized spacial score (nSPS) is 12.5. The lowest BCUT2D eigenvalue weighted by molar-refractivity contribution is 0.242. The van der Waals surface area contributed by atoms with Crippen molar-refractivity contribution in [3.8, 4) is 5.75 Å². The molecule has 0 saturated carbocycles. The molecule has 4 heteroatoms. The van der Waals surface area contributed by atoms with Gasteiger partial charge in [0, 0.05) is 0 Å². The second-order valence-corrected chi connectivity index (χ2v) is 5.21. The van der Waals surface area contributed by atoms with Crippen molar-refractivity contribution in [2.24, 2.45) is 0 Å². The van der Waals surface area contributed by atoms with Crippen molar-refractivity contribution < 1.29 is 13.5 Å². The van der Waals surface area contributed by atoms with Crippen molar-refractivity contribution in [3.63, 3.8) is 0 Å². The molecule has 0 aliphatic carbocycles. The number of benzene rings is 2. The van der Waals surface area contributed by atoms with E-state index in [1.807, 2.05) is 38.1 Å². The predicted octanol–water partition coefficient (Wildman–Crippen LogP) is 5.08. The molecule has 0 heterocycles. The van der Waals surface area contributed by atoms with Crippen molar-refractivity contribution in [1.29, 1.82) is 0 Å². The van der Waals surface area contributed by atoms with Crippen LogP contribution >= 0.6 is 11.6 Å². The zero-order chi connectivity index (χ0) is 14.7. The molecule has 0 saturated heterocycles. The smallest absolute Gasteiger partial charge is 0.159 e. The summed E-state index contributed by atoms with van der Waals surface area (Å²) in [7, 11) is 0. The fourth-order valence-electron chi connectivity index (χ4n) is 1.85. The molecule has 2 aromatic rings. The topological polar surface area (TPSA) is 9.23 Å². The fraction of sp³-hybridized carbons (Fsp3) is 0.250. The molecule has 0 spiro atoms. The molecule has 0 bridgehead atoms. The Morgan fingerprint density at radius 3 is 2.05 bits per heavy atom. The van der Waals surface area contributed by atoms with Gasteiger partial charge in [-0.1, -0.05) is 18.2 Å². The van der Waals surface area contributed by atoms with Crippen LogP contribution in [0.1, 0.15) is 30.4 Å². The van der Waals surface area contributed by atoms with E-state index in [0.29, 0.717) is 5.56 Å². The number of ether oxygens (including phenoxy) is 1. The van der Waals surface area contributed by atoms with Gasteiger partial charge in [0.2, 0.25) is 0 Å². The van der Waals surface area contributed by atoms with Gasteiger partial charge in [0.05, 0.1) is 11.5 Å². The summed E-state index contributed by atoms with van der Waals surface area (Å²) >= 11 is 6.28. The van der Waals surface area contributed by atoms with Crippen LogP contribution in [0, 0.1) is 11.6 Å². The summed E-state index contributed by atoms with van der Waals surface area (Å²) < 4.78 is 31.7. The minimum atomic E-state index is -0.895. The number of hydrogen-bond acceptors (Lipinski definition) is 1. The van der Waals surface area contributed by atoms with Crippen molar-refractivity contribution in [1.82, 2.24) is 0 Å². The Bertz CT molecular complexity index is 582. The molecule has 0 aromatic heterocycles. The summed E-state index contributed by atoms with van der Waals surface area (Å²) in [5.74, 6) is -1.02. The summed E-state index contributed by atoms with van der Waals surface area (Å²) in [5.41, 5.74) is 1.32. The first kappa shape index (κ1) is 14.8. The lowest BCUT2D eigenvalue weighted by Crippen LogP contribution is -2.05. The molecular formula is C16H15ClF2O. The summed E-state index contributed by atoms with van der Waals surface area (Å²) in [6.07, 6.45) is 0.0962. The molecule has 2 rings (SSSR count). The van der Waals surface area contributed by atoms with E-state index in [9.17, 15) is 8.78 Å². The highest BCUT2D eigenvalue weighted by Gasteiger charge is 2.13. The van der Waals surface area contributed by atoms with Gasteiger partial charge in [0.25, 0.3) is 0 Å². The van der Waals surface area contributed by atoms with E-state index in [2.05, 4.69) is 0 Å². The maximum absolute atomic E-state index is 13.2. The highest BCUT2D eigenvalue weighted by molar-refractivity contribution is 6.22. The van der Waals surface area contributed by atoms with E-state index >= 15 is 0 Å². The Labute approximate surface area is 122 Å². The Hall–Kier alpha value is -1.61.